The minimum atomic E-state index is -0.157. The highest BCUT2D eigenvalue weighted by Gasteiger charge is 2.11. The Hall–Kier alpha value is -2.64. The van der Waals surface area contributed by atoms with Crippen LogP contribution in [0.4, 0.5) is 5.69 Å². The van der Waals surface area contributed by atoms with Gasteiger partial charge in [-0.15, -0.1) is 10.2 Å². The van der Waals surface area contributed by atoms with Gasteiger partial charge in [-0.1, -0.05) is 41.1 Å². The second-order valence-corrected chi connectivity index (χ2v) is 7.62. The van der Waals surface area contributed by atoms with Gasteiger partial charge in [0, 0.05) is 21.6 Å². The Bertz CT molecular complexity index is 1170. The Kier molecular flexibility index (Phi) is 4.72. The summed E-state index contributed by atoms with van der Waals surface area (Å²) in [4.78, 5) is 19.9. The van der Waals surface area contributed by atoms with Crippen molar-refractivity contribution in [2.75, 3.05) is 11.1 Å². The van der Waals surface area contributed by atoms with E-state index in [-0.39, 0.29) is 11.7 Å². The average Bonchev–Trinajstić information content (AvgIpc) is 3.00. The van der Waals surface area contributed by atoms with Gasteiger partial charge in [-0.3, -0.25) is 4.79 Å². The van der Waals surface area contributed by atoms with Crippen molar-refractivity contribution in [1.82, 2.24) is 20.2 Å². The van der Waals surface area contributed by atoms with E-state index < -0.39 is 0 Å². The summed E-state index contributed by atoms with van der Waals surface area (Å²) < 4.78 is 0. The van der Waals surface area contributed by atoms with E-state index in [0.29, 0.717) is 21.5 Å². The molecule has 0 aliphatic rings. The molecule has 0 saturated carbocycles. The lowest BCUT2D eigenvalue weighted by Crippen LogP contribution is -2.14. The minimum absolute atomic E-state index is 0.157. The molecule has 0 aliphatic carbocycles. The predicted molar refractivity (Wildman–Crippen MR) is 109 cm³/mol. The van der Waals surface area contributed by atoms with Crippen LogP contribution in [0.25, 0.3) is 22.1 Å². The summed E-state index contributed by atoms with van der Waals surface area (Å²) in [6.45, 7) is 3.94. The van der Waals surface area contributed by atoms with Crippen molar-refractivity contribution >= 4 is 57.0 Å². The summed E-state index contributed by atoms with van der Waals surface area (Å²) in [5.74, 6) is 0.0220. The number of anilines is 1. The van der Waals surface area contributed by atoms with Gasteiger partial charge in [0.1, 0.15) is 5.52 Å². The number of aryl methyl sites for hydroxylation is 2. The third-order valence-electron chi connectivity index (χ3n) is 4.14. The fourth-order valence-electron chi connectivity index (χ4n) is 2.73. The monoisotopic (exact) mass is 397 g/mol. The van der Waals surface area contributed by atoms with Gasteiger partial charge in [-0.2, -0.15) is 0 Å². The van der Waals surface area contributed by atoms with Crippen LogP contribution in [0.5, 0.6) is 0 Å². The molecule has 0 saturated heterocycles. The first kappa shape index (κ1) is 17.8. The zero-order valence-corrected chi connectivity index (χ0v) is 16.3. The van der Waals surface area contributed by atoms with E-state index in [1.54, 1.807) is 6.07 Å². The number of amides is 1. The maximum Gasteiger partial charge on any atom is 0.234 e. The third-order valence-corrected chi connectivity index (χ3v) is 5.38. The van der Waals surface area contributed by atoms with Crippen LogP contribution in [0, 0.1) is 13.8 Å². The lowest BCUT2D eigenvalue weighted by Gasteiger charge is -2.06. The van der Waals surface area contributed by atoms with Crippen LogP contribution in [0.1, 0.15) is 11.1 Å². The maximum absolute atomic E-state index is 12.2. The number of thioether (sulfide) groups is 1. The number of nitrogens with zero attached hydrogens (tertiary/aromatic N) is 3. The molecule has 27 heavy (non-hydrogen) atoms. The maximum atomic E-state index is 12.2. The minimum Gasteiger partial charge on any atom is -0.338 e. The molecule has 136 valence electrons. The van der Waals surface area contributed by atoms with Crippen molar-refractivity contribution in [1.29, 1.82) is 0 Å². The molecular weight excluding hydrogens is 382 g/mol. The number of benzene rings is 2. The number of nitrogens with one attached hydrogen (secondary N) is 2. The van der Waals surface area contributed by atoms with Crippen LogP contribution in [0.3, 0.4) is 0 Å². The van der Waals surface area contributed by atoms with Gasteiger partial charge in [0.2, 0.25) is 11.1 Å². The van der Waals surface area contributed by atoms with Gasteiger partial charge in [0.25, 0.3) is 0 Å². The quantitative estimate of drug-likeness (QED) is 0.495. The molecule has 1 amide bonds. The number of fused-ring (bicyclic) bond motifs is 3. The van der Waals surface area contributed by atoms with E-state index in [0.717, 1.165) is 27.5 Å². The number of aromatic nitrogens is 4. The number of carbonyl (C=O) groups excluding carboxylic acids is 1. The SMILES string of the molecule is Cc1ccc2[nH]c3nc(SCC(=O)Nc4ccc(C)c(Cl)c4)nnc3c2c1. The van der Waals surface area contributed by atoms with Gasteiger partial charge >= 0.3 is 0 Å². The number of hydrogen-bond donors (Lipinski definition) is 2. The normalized spacial score (nSPS) is 11.2. The summed E-state index contributed by atoms with van der Waals surface area (Å²) in [5.41, 5.74) is 5.14. The van der Waals surface area contributed by atoms with Gasteiger partial charge in [0.05, 0.1) is 5.75 Å². The molecular formula is C19H16ClN5OS. The number of carbonyl (C=O) groups is 1. The number of halogens is 1. The van der Waals surface area contributed by atoms with E-state index in [4.69, 9.17) is 11.6 Å². The van der Waals surface area contributed by atoms with Gasteiger partial charge in [-0.05, 0) is 43.7 Å². The Morgan fingerprint density at radius 3 is 2.85 bits per heavy atom. The Labute approximate surface area is 164 Å². The molecule has 6 nitrogen and oxygen atoms in total. The second kappa shape index (κ2) is 7.17. The number of rotatable bonds is 4. The molecule has 0 aliphatic heterocycles. The van der Waals surface area contributed by atoms with E-state index in [1.807, 2.05) is 38.1 Å². The van der Waals surface area contributed by atoms with Crippen molar-refractivity contribution in [3.8, 4) is 0 Å². The van der Waals surface area contributed by atoms with Crippen molar-refractivity contribution in [2.24, 2.45) is 0 Å². The third kappa shape index (κ3) is 3.74. The lowest BCUT2D eigenvalue weighted by molar-refractivity contribution is -0.113. The molecule has 4 aromatic rings. The van der Waals surface area contributed by atoms with E-state index in [1.165, 1.54) is 11.8 Å². The molecule has 0 atom stereocenters. The second-order valence-electron chi connectivity index (χ2n) is 6.27. The first-order chi connectivity index (χ1) is 13.0. The zero-order valence-electron chi connectivity index (χ0n) is 14.7. The lowest BCUT2D eigenvalue weighted by atomic mass is 10.2. The van der Waals surface area contributed by atoms with Crippen LogP contribution in [-0.2, 0) is 4.79 Å². The summed E-state index contributed by atoms with van der Waals surface area (Å²) >= 11 is 7.31. The van der Waals surface area contributed by atoms with E-state index in [2.05, 4.69) is 31.5 Å². The molecule has 2 aromatic carbocycles. The topological polar surface area (TPSA) is 83.6 Å². The van der Waals surface area contributed by atoms with Crippen LogP contribution < -0.4 is 5.32 Å². The number of hydrogen-bond acceptors (Lipinski definition) is 5. The smallest absolute Gasteiger partial charge is 0.234 e. The molecule has 0 spiro atoms. The van der Waals surface area contributed by atoms with Crippen molar-refractivity contribution in [2.45, 2.75) is 19.0 Å². The fraction of sp³-hybridized carbons (Fsp3) is 0.158. The van der Waals surface area contributed by atoms with Gasteiger partial charge in [-0.25, -0.2) is 4.98 Å². The van der Waals surface area contributed by atoms with Crippen molar-refractivity contribution in [3.63, 3.8) is 0 Å². The average molecular weight is 398 g/mol. The highest BCUT2D eigenvalue weighted by atomic mass is 35.5. The molecule has 0 fully saturated rings. The molecule has 0 bridgehead atoms. The van der Waals surface area contributed by atoms with E-state index >= 15 is 0 Å². The standard InChI is InChI=1S/C19H16ClN5OS/c1-10-3-6-15-13(7-10)17-18(22-15)23-19(25-24-17)27-9-16(26)21-12-5-4-11(2)14(20)8-12/h3-8H,9H2,1-2H3,(H,21,26)(H,22,23,25). The number of H-pyrrole nitrogens is 1. The largest absolute Gasteiger partial charge is 0.338 e. The highest BCUT2D eigenvalue weighted by molar-refractivity contribution is 7.99. The first-order valence-corrected chi connectivity index (χ1v) is 9.67. The van der Waals surface area contributed by atoms with Crippen LogP contribution in [0.15, 0.2) is 41.6 Å². The first-order valence-electron chi connectivity index (χ1n) is 8.31. The van der Waals surface area contributed by atoms with Crippen LogP contribution in [0.2, 0.25) is 5.02 Å². The summed E-state index contributed by atoms with van der Waals surface area (Å²) in [6.07, 6.45) is 0. The molecule has 2 aromatic heterocycles. The fourth-order valence-corrected chi connectivity index (χ4v) is 3.50. The van der Waals surface area contributed by atoms with E-state index in [9.17, 15) is 4.79 Å². The Balaban J connectivity index is 1.47. The van der Waals surface area contributed by atoms with Gasteiger partial charge in [0.15, 0.2) is 5.65 Å². The predicted octanol–water partition coefficient (Wildman–Crippen LogP) is 4.51. The molecule has 2 heterocycles. The number of aromatic amines is 1. The summed E-state index contributed by atoms with van der Waals surface area (Å²) in [5, 5.41) is 13.3. The van der Waals surface area contributed by atoms with Gasteiger partial charge < -0.3 is 10.3 Å². The van der Waals surface area contributed by atoms with Crippen LogP contribution in [-0.4, -0.2) is 31.8 Å². The molecule has 8 heteroatoms. The Morgan fingerprint density at radius 1 is 1.19 bits per heavy atom. The van der Waals surface area contributed by atoms with Crippen molar-refractivity contribution < 1.29 is 4.79 Å². The van der Waals surface area contributed by atoms with Crippen molar-refractivity contribution in [3.05, 3.63) is 52.5 Å². The Morgan fingerprint density at radius 2 is 2.04 bits per heavy atom. The summed E-state index contributed by atoms with van der Waals surface area (Å²) in [7, 11) is 0. The molecule has 0 unspecified atom stereocenters. The zero-order chi connectivity index (χ0) is 19.0. The summed E-state index contributed by atoms with van der Waals surface area (Å²) in [6, 6.07) is 11.5. The van der Waals surface area contributed by atoms with Crippen LogP contribution >= 0.6 is 23.4 Å². The highest BCUT2D eigenvalue weighted by Crippen LogP contribution is 2.25. The molecule has 0 radical (unpaired) electrons. The molecule has 2 N–H and O–H groups in total. The molecule has 4 rings (SSSR count).